The van der Waals surface area contributed by atoms with E-state index in [2.05, 4.69) is 12.2 Å². The number of unbranched alkanes of at least 4 members (excludes halogenated alkanes) is 1. The number of carbonyl (C=O) groups excluding carboxylic acids is 1. The number of amides is 1. The molecule has 2 aromatic carbocycles. The number of halogens is 2. The largest absolute Gasteiger partial charge is 0.326 e. The van der Waals surface area contributed by atoms with Gasteiger partial charge >= 0.3 is 0 Å². The number of hydrogen-bond acceptors (Lipinski definition) is 3. The van der Waals surface area contributed by atoms with Crippen LogP contribution in [0.5, 0.6) is 0 Å². The van der Waals surface area contributed by atoms with E-state index >= 15 is 0 Å². The minimum absolute atomic E-state index is 0.0529. The summed E-state index contributed by atoms with van der Waals surface area (Å²) in [5.41, 5.74) is 2.64. The summed E-state index contributed by atoms with van der Waals surface area (Å²) >= 11 is 11.9. The Morgan fingerprint density at radius 1 is 1.03 bits per heavy atom. The maximum Gasteiger partial charge on any atom is 0.227 e. The Morgan fingerprint density at radius 2 is 1.68 bits per heavy atom. The van der Waals surface area contributed by atoms with Crippen molar-refractivity contribution in [1.82, 2.24) is 4.31 Å². The SMILES string of the molecule is CCCCc1ccc(NC(=O)C2CCN(S(=O)(=O)Cc3ccc(Cl)c(Cl)c3)CC2)cc1. The molecule has 0 radical (unpaired) electrons. The van der Waals surface area contributed by atoms with Gasteiger partial charge in [0.1, 0.15) is 0 Å². The monoisotopic (exact) mass is 482 g/mol. The predicted octanol–water partition coefficient (Wildman–Crippen LogP) is 5.52. The third-order valence-electron chi connectivity index (χ3n) is 5.59. The molecule has 0 aliphatic carbocycles. The van der Waals surface area contributed by atoms with Gasteiger partial charge in [0.05, 0.1) is 15.8 Å². The average molecular weight is 483 g/mol. The lowest BCUT2D eigenvalue weighted by molar-refractivity contribution is -0.120. The van der Waals surface area contributed by atoms with Crippen LogP contribution in [0, 0.1) is 5.92 Å². The summed E-state index contributed by atoms with van der Waals surface area (Å²) in [5.74, 6) is -0.385. The molecular formula is C23H28Cl2N2O3S. The standard InChI is InChI=1S/C23H28Cl2N2O3S/c1-2-3-4-17-5-8-20(9-6-17)26-23(28)19-11-13-27(14-12-19)31(29,30)16-18-7-10-21(24)22(25)15-18/h5-10,15,19H,2-4,11-14,16H2,1H3,(H,26,28). The molecule has 1 N–H and O–H groups in total. The van der Waals surface area contributed by atoms with Crippen molar-refractivity contribution in [1.29, 1.82) is 0 Å². The Kier molecular flexibility index (Phi) is 8.39. The number of nitrogens with zero attached hydrogens (tertiary/aromatic N) is 1. The molecule has 1 aliphatic heterocycles. The molecule has 1 amide bonds. The van der Waals surface area contributed by atoms with Crippen molar-refractivity contribution < 1.29 is 13.2 Å². The summed E-state index contributed by atoms with van der Waals surface area (Å²) in [6.07, 6.45) is 4.35. The maximum atomic E-state index is 12.8. The highest BCUT2D eigenvalue weighted by Crippen LogP contribution is 2.26. The van der Waals surface area contributed by atoms with Crippen LogP contribution >= 0.6 is 23.2 Å². The molecule has 0 atom stereocenters. The van der Waals surface area contributed by atoms with Crippen LogP contribution in [0.3, 0.4) is 0 Å². The van der Waals surface area contributed by atoms with Crippen molar-refractivity contribution >= 4 is 44.8 Å². The molecule has 0 bridgehead atoms. The zero-order chi connectivity index (χ0) is 22.4. The van der Waals surface area contributed by atoms with Crippen LogP contribution in [-0.4, -0.2) is 31.7 Å². The Balaban J connectivity index is 1.52. The number of sulfonamides is 1. The third kappa shape index (κ3) is 6.69. The van der Waals surface area contributed by atoms with E-state index in [1.54, 1.807) is 18.2 Å². The minimum Gasteiger partial charge on any atom is -0.326 e. The van der Waals surface area contributed by atoms with Gasteiger partial charge in [0.2, 0.25) is 15.9 Å². The molecule has 2 aromatic rings. The van der Waals surface area contributed by atoms with Crippen LogP contribution in [0.15, 0.2) is 42.5 Å². The zero-order valence-electron chi connectivity index (χ0n) is 17.6. The fourth-order valence-electron chi connectivity index (χ4n) is 3.71. The van der Waals surface area contributed by atoms with Crippen LogP contribution in [0.25, 0.3) is 0 Å². The topological polar surface area (TPSA) is 66.5 Å². The van der Waals surface area contributed by atoms with Crippen molar-refractivity contribution in [2.75, 3.05) is 18.4 Å². The van der Waals surface area contributed by atoms with Crippen LogP contribution in [-0.2, 0) is 27.0 Å². The first-order valence-electron chi connectivity index (χ1n) is 10.6. The fourth-order valence-corrected chi connectivity index (χ4v) is 5.58. The molecule has 0 aromatic heterocycles. The minimum atomic E-state index is -3.49. The summed E-state index contributed by atoms with van der Waals surface area (Å²) in [7, 11) is -3.49. The average Bonchev–Trinajstić information content (AvgIpc) is 2.76. The molecule has 31 heavy (non-hydrogen) atoms. The van der Waals surface area contributed by atoms with E-state index in [0.717, 1.165) is 24.9 Å². The Morgan fingerprint density at radius 3 is 2.29 bits per heavy atom. The van der Waals surface area contributed by atoms with Gasteiger partial charge in [-0.3, -0.25) is 4.79 Å². The first-order chi connectivity index (χ1) is 14.8. The molecule has 0 unspecified atom stereocenters. The van der Waals surface area contributed by atoms with Crippen molar-refractivity contribution in [2.45, 2.75) is 44.8 Å². The number of anilines is 1. The predicted molar refractivity (Wildman–Crippen MR) is 127 cm³/mol. The molecule has 1 heterocycles. The molecule has 1 fully saturated rings. The molecular weight excluding hydrogens is 455 g/mol. The third-order valence-corrected chi connectivity index (χ3v) is 8.18. The highest BCUT2D eigenvalue weighted by molar-refractivity contribution is 7.88. The number of nitrogens with one attached hydrogen (secondary N) is 1. The van der Waals surface area contributed by atoms with Gasteiger partial charge in [0, 0.05) is 24.7 Å². The number of piperidine rings is 1. The molecule has 0 spiro atoms. The summed E-state index contributed by atoms with van der Waals surface area (Å²) in [5, 5.41) is 3.70. The second-order valence-electron chi connectivity index (χ2n) is 7.97. The van der Waals surface area contributed by atoms with Gasteiger partial charge in [-0.2, -0.15) is 0 Å². The normalized spacial score (nSPS) is 15.7. The van der Waals surface area contributed by atoms with Crippen LogP contribution in [0.2, 0.25) is 10.0 Å². The van der Waals surface area contributed by atoms with E-state index < -0.39 is 10.0 Å². The first-order valence-corrected chi connectivity index (χ1v) is 13.0. The number of rotatable bonds is 8. The highest BCUT2D eigenvalue weighted by Gasteiger charge is 2.31. The van der Waals surface area contributed by atoms with E-state index in [1.807, 2.05) is 24.3 Å². The summed E-state index contributed by atoms with van der Waals surface area (Å²) < 4.78 is 27.0. The van der Waals surface area contributed by atoms with Crippen LogP contribution in [0.1, 0.15) is 43.7 Å². The van der Waals surface area contributed by atoms with Gasteiger partial charge in [-0.05, 0) is 61.1 Å². The highest BCUT2D eigenvalue weighted by atomic mass is 35.5. The maximum absolute atomic E-state index is 12.8. The molecule has 5 nitrogen and oxygen atoms in total. The quantitative estimate of drug-likeness (QED) is 0.538. The van der Waals surface area contributed by atoms with E-state index in [1.165, 1.54) is 9.87 Å². The van der Waals surface area contributed by atoms with Crippen molar-refractivity contribution in [2.24, 2.45) is 5.92 Å². The van der Waals surface area contributed by atoms with Gasteiger partial charge < -0.3 is 5.32 Å². The molecule has 0 saturated carbocycles. The molecule has 1 saturated heterocycles. The van der Waals surface area contributed by atoms with E-state index in [4.69, 9.17) is 23.2 Å². The lowest BCUT2D eigenvalue weighted by Crippen LogP contribution is -2.41. The van der Waals surface area contributed by atoms with Gasteiger partial charge in [-0.1, -0.05) is 54.7 Å². The van der Waals surface area contributed by atoms with Crippen LogP contribution < -0.4 is 5.32 Å². The lowest BCUT2D eigenvalue weighted by atomic mass is 9.97. The molecule has 8 heteroatoms. The van der Waals surface area contributed by atoms with Crippen molar-refractivity contribution in [3.05, 3.63) is 63.6 Å². The Hall–Kier alpha value is -1.60. The number of aryl methyl sites for hydroxylation is 1. The second-order valence-corrected chi connectivity index (χ2v) is 10.8. The Labute approximate surface area is 194 Å². The number of carbonyl (C=O) groups is 1. The zero-order valence-corrected chi connectivity index (χ0v) is 19.9. The first kappa shape index (κ1) is 24.1. The van der Waals surface area contributed by atoms with Crippen molar-refractivity contribution in [3.8, 4) is 0 Å². The number of hydrogen-bond donors (Lipinski definition) is 1. The smallest absolute Gasteiger partial charge is 0.227 e. The molecule has 168 valence electrons. The summed E-state index contributed by atoms with van der Waals surface area (Å²) in [4.78, 5) is 12.6. The summed E-state index contributed by atoms with van der Waals surface area (Å²) in [6.45, 7) is 2.83. The van der Waals surface area contributed by atoms with E-state index in [0.29, 0.717) is 41.5 Å². The number of benzene rings is 2. The lowest BCUT2D eigenvalue weighted by Gasteiger charge is -2.30. The van der Waals surface area contributed by atoms with Gasteiger partial charge in [-0.15, -0.1) is 0 Å². The van der Waals surface area contributed by atoms with E-state index in [-0.39, 0.29) is 17.6 Å². The van der Waals surface area contributed by atoms with Gasteiger partial charge in [-0.25, -0.2) is 12.7 Å². The molecule has 3 rings (SSSR count). The van der Waals surface area contributed by atoms with Crippen molar-refractivity contribution in [3.63, 3.8) is 0 Å². The van der Waals surface area contributed by atoms with Gasteiger partial charge in [0.15, 0.2) is 0 Å². The molecule has 1 aliphatic rings. The van der Waals surface area contributed by atoms with Crippen LogP contribution in [0.4, 0.5) is 5.69 Å². The van der Waals surface area contributed by atoms with E-state index in [9.17, 15) is 13.2 Å². The van der Waals surface area contributed by atoms with Gasteiger partial charge in [0.25, 0.3) is 0 Å². The summed E-state index contributed by atoms with van der Waals surface area (Å²) in [6, 6.07) is 12.8. The second kappa shape index (κ2) is 10.8. The Bertz CT molecular complexity index is 1000. The fraction of sp³-hybridized carbons (Fsp3) is 0.435.